The Balaban J connectivity index is 1.55. The first-order valence-electron chi connectivity index (χ1n) is 11.5. The van der Waals surface area contributed by atoms with E-state index in [1.165, 1.54) is 5.56 Å². The van der Waals surface area contributed by atoms with Crippen LogP contribution < -0.4 is 5.32 Å². The van der Waals surface area contributed by atoms with E-state index < -0.39 is 5.92 Å². The lowest BCUT2D eigenvalue weighted by atomic mass is 9.75. The van der Waals surface area contributed by atoms with Crippen molar-refractivity contribution in [3.63, 3.8) is 0 Å². The topological polar surface area (TPSA) is 49.3 Å². The molecule has 164 valence electrons. The zero-order chi connectivity index (χ0) is 22.6. The van der Waals surface area contributed by atoms with Crippen molar-refractivity contribution < 1.29 is 9.90 Å². The average Bonchev–Trinajstić information content (AvgIpc) is 2.86. The summed E-state index contributed by atoms with van der Waals surface area (Å²) >= 11 is 0. The Kier molecular flexibility index (Phi) is 5.95. The Morgan fingerprint density at radius 2 is 1.27 bits per heavy atom. The molecular formula is C30H27NO2. The molecule has 1 aliphatic carbocycles. The van der Waals surface area contributed by atoms with E-state index in [2.05, 4.69) is 23.5 Å². The Morgan fingerprint density at radius 3 is 1.91 bits per heavy atom. The number of carbonyl (C=O) groups is 1. The standard InChI is InChI=1S/C30H27NO2/c32-27-18-10-9-17-25(27)26-20-19-21-11-7-8-16-24(21)29(26)31-30(33)28(22-12-3-1-4-13-22)23-14-5-2-6-15-23/h1-18,26,28-29,32H,19-20H2,(H,31,33)/t26-,29-/m1/s1. The van der Waals surface area contributed by atoms with Crippen LogP contribution in [0.3, 0.4) is 0 Å². The van der Waals surface area contributed by atoms with Crippen molar-refractivity contribution in [3.05, 3.63) is 137 Å². The van der Waals surface area contributed by atoms with Gasteiger partial charge < -0.3 is 10.4 Å². The molecule has 4 aromatic carbocycles. The highest BCUT2D eigenvalue weighted by Gasteiger charge is 2.35. The fourth-order valence-corrected chi connectivity index (χ4v) is 5.10. The highest BCUT2D eigenvalue weighted by molar-refractivity contribution is 5.87. The number of aromatic hydroxyl groups is 1. The third-order valence-electron chi connectivity index (χ3n) is 6.68. The molecule has 3 nitrogen and oxygen atoms in total. The largest absolute Gasteiger partial charge is 0.508 e. The number of rotatable bonds is 5. The molecule has 1 amide bonds. The molecule has 0 radical (unpaired) electrons. The van der Waals surface area contributed by atoms with Gasteiger partial charge in [0.25, 0.3) is 0 Å². The number of nitrogens with one attached hydrogen (secondary N) is 1. The maximum absolute atomic E-state index is 13.9. The van der Waals surface area contributed by atoms with E-state index in [0.29, 0.717) is 0 Å². The Bertz CT molecular complexity index is 1200. The molecule has 4 aromatic rings. The summed E-state index contributed by atoms with van der Waals surface area (Å²) in [6.45, 7) is 0. The normalized spacial score (nSPS) is 17.4. The number of fused-ring (bicyclic) bond motifs is 1. The van der Waals surface area contributed by atoms with E-state index in [1.54, 1.807) is 6.07 Å². The van der Waals surface area contributed by atoms with Gasteiger partial charge in [-0.3, -0.25) is 4.79 Å². The molecule has 0 aliphatic heterocycles. The Morgan fingerprint density at radius 1 is 0.727 bits per heavy atom. The molecule has 0 aromatic heterocycles. The smallest absolute Gasteiger partial charge is 0.232 e. The monoisotopic (exact) mass is 433 g/mol. The van der Waals surface area contributed by atoms with Crippen LogP contribution in [0.25, 0.3) is 0 Å². The molecule has 0 fully saturated rings. The van der Waals surface area contributed by atoms with E-state index in [9.17, 15) is 9.90 Å². The summed E-state index contributed by atoms with van der Waals surface area (Å²) in [4.78, 5) is 13.9. The maximum Gasteiger partial charge on any atom is 0.232 e. The minimum atomic E-state index is -0.411. The predicted molar refractivity (Wildman–Crippen MR) is 131 cm³/mol. The summed E-state index contributed by atoms with van der Waals surface area (Å²) < 4.78 is 0. The SMILES string of the molecule is O=C(N[C@@H]1c2ccccc2CC[C@@H]1c1ccccc1O)C(c1ccccc1)c1ccccc1. The molecule has 0 unspecified atom stereocenters. The van der Waals surface area contributed by atoms with Crippen molar-refractivity contribution in [1.82, 2.24) is 5.32 Å². The lowest BCUT2D eigenvalue weighted by Gasteiger charge is -2.36. The van der Waals surface area contributed by atoms with Gasteiger partial charge in [-0.15, -0.1) is 0 Å². The summed E-state index contributed by atoms with van der Waals surface area (Å²) in [6, 6.07) is 35.4. The van der Waals surface area contributed by atoms with Crippen molar-refractivity contribution >= 4 is 5.91 Å². The quantitative estimate of drug-likeness (QED) is 0.399. The van der Waals surface area contributed by atoms with Crippen LogP contribution in [0.1, 0.15) is 52.1 Å². The zero-order valence-electron chi connectivity index (χ0n) is 18.4. The maximum atomic E-state index is 13.9. The molecule has 2 N–H and O–H groups in total. The van der Waals surface area contributed by atoms with Crippen LogP contribution in [-0.2, 0) is 11.2 Å². The van der Waals surface area contributed by atoms with Crippen molar-refractivity contribution in [2.24, 2.45) is 0 Å². The second-order valence-electron chi connectivity index (χ2n) is 8.64. The van der Waals surface area contributed by atoms with Gasteiger partial charge in [-0.25, -0.2) is 0 Å². The Labute approximate surface area is 194 Å². The number of benzene rings is 4. The van der Waals surface area contributed by atoms with Crippen molar-refractivity contribution in [3.8, 4) is 5.75 Å². The minimum Gasteiger partial charge on any atom is -0.508 e. The lowest BCUT2D eigenvalue weighted by molar-refractivity contribution is -0.122. The molecule has 33 heavy (non-hydrogen) atoms. The van der Waals surface area contributed by atoms with Crippen molar-refractivity contribution in [2.45, 2.75) is 30.7 Å². The van der Waals surface area contributed by atoms with Gasteiger partial charge in [-0.1, -0.05) is 103 Å². The van der Waals surface area contributed by atoms with E-state index in [1.807, 2.05) is 84.9 Å². The molecule has 0 heterocycles. The predicted octanol–water partition coefficient (Wildman–Crippen LogP) is 6.11. The Hall–Kier alpha value is -3.85. The summed E-state index contributed by atoms with van der Waals surface area (Å²) in [5, 5.41) is 14.0. The minimum absolute atomic E-state index is 0.00255. The molecule has 1 aliphatic rings. The number of carbonyl (C=O) groups excluding carboxylic acids is 1. The van der Waals surface area contributed by atoms with Gasteiger partial charge in [-0.05, 0) is 46.7 Å². The molecule has 2 atom stereocenters. The average molecular weight is 434 g/mol. The van der Waals surface area contributed by atoms with Gasteiger partial charge in [0, 0.05) is 5.92 Å². The molecule has 0 saturated heterocycles. The van der Waals surface area contributed by atoms with Crippen molar-refractivity contribution in [1.29, 1.82) is 0 Å². The third-order valence-corrected chi connectivity index (χ3v) is 6.68. The van der Waals surface area contributed by atoms with Gasteiger partial charge in [0.15, 0.2) is 0 Å². The van der Waals surface area contributed by atoms with Gasteiger partial charge in [0.1, 0.15) is 5.75 Å². The summed E-state index contributed by atoms with van der Waals surface area (Å²) in [6.07, 6.45) is 1.78. The molecule has 0 bridgehead atoms. The van der Waals surface area contributed by atoms with Crippen LogP contribution in [0.2, 0.25) is 0 Å². The lowest BCUT2D eigenvalue weighted by Crippen LogP contribution is -2.38. The second kappa shape index (κ2) is 9.33. The fourth-order valence-electron chi connectivity index (χ4n) is 5.10. The van der Waals surface area contributed by atoms with Crippen LogP contribution in [0.15, 0.2) is 109 Å². The van der Waals surface area contributed by atoms with E-state index >= 15 is 0 Å². The first-order chi connectivity index (χ1) is 16.2. The number of amides is 1. The summed E-state index contributed by atoms with van der Waals surface area (Å²) in [5.41, 5.74) is 5.19. The van der Waals surface area contributed by atoms with Crippen LogP contribution in [0, 0.1) is 0 Å². The molecule has 0 spiro atoms. The van der Waals surface area contributed by atoms with E-state index in [0.717, 1.165) is 35.1 Å². The summed E-state index contributed by atoms with van der Waals surface area (Å²) in [7, 11) is 0. The number of para-hydroxylation sites is 1. The molecule has 3 heteroatoms. The summed E-state index contributed by atoms with van der Waals surface area (Å²) in [5.74, 6) is -0.165. The molecule has 5 rings (SSSR count). The van der Waals surface area contributed by atoms with Gasteiger partial charge in [-0.2, -0.15) is 0 Å². The van der Waals surface area contributed by atoms with Gasteiger partial charge in [0.05, 0.1) is 12.0 Å². The zero-order valence-corrected chi connectivity index (χ0v) is 18.4. The van der Waals surface area contributed by atoms with E-state index in [-0.39, 0.29) is 23.6 Å². The molecule has 0 saturated carbocycles. The first-order valence-corrected chi connectivity index (χ1v) is 11.5. The van der Waals surface area contributed by atoms with Gasteiger partial charge in [0.2, 0.25) is 5.91 Å². The number of aryl methyl sites for hydroxylation is 1. The first kappa shape index (κ1) is 21.0. The fraction of sp³-hybridized carbons (Fsp3) is 0.167. The van der Waals surface area contributed by atoms with Crippen LogP contribution in [0.5, 0.6) is 5.75 Å². The number of phenols is 1. The highest BCUT2D eigenvalue weighted by Crippen LogP contribution is 2.44. The van der Waals surface area contributed by atoms with Crippen LogP contribution in [-0.4, -0.2) is 11.0 Å². The second-order valence-corrected chi connectivity index (χ2v) is 8.64. The van der Waals surface area contributed by atoms with Crippen molar-refractivity contribution in [2.75, 3.05) is 0 Å². The molecular weight excluding hydrogens is 406 g/mol. The van der Waals surface area contributed by atoms with Crippen LogP contribution in [0.4, 0.5) is 0 Å². The number of hydrogen-bond acceptors (Lipinski definition) is 2. The van der Waals surface area contributed by atoms with E-state index in [4.69, 9.17) is 0 Å². The number of hydrogen-bond donors (Lipinski definition) is 2. The van der Waals surface area contributed by atoms with Gasteiger partial charge >= 0.3 is 0 Å². The third kappa shape index (κ3) is 4.27. The number of phenolic OH excluding ortho intramolecular Hbond substituents is 1. The highest BCUT2D eigenvalue weighted by atomic mass is 16.3. The van der Waals surface area contributed by atoms with Crippen LogP contribution >= 0.6 is 0 Å².